The Kier molecular flexibility index (Phi) is 3.44. The van der Waals surface area contributed by atoms with Crippen molar-refractivity contribution in [3.05, 3.63) is 35.9 Å². The zero-order chi connectivity index (χ0) is 9.80. The van der Waals surface area contributed by atoms with Gasteiger partial charge in [0.1, 0.15) is 0 Å². The van der Waals surface area contributed by atoms with Crippen LogP contribution in [0.25, 0.3) is 0 Å². The molecule has 1 aromatic rings. The zero-order valence-electron chi connectivity index (χ0n) is 8.32. The first kappa shape index (κ1) is 10.0. The lowest BCUT2D eigenvalue weighted by molar-refractivity contribution is 0.485. The highest BCUT2D eigenvalue weighted by Crippen LogP contribution is 2.22. The Hall–Kier alpha value is -0.530. The van der Waals surface area contributed by atoms with Crippen LogP contribution in [0.15, 0.2) is 30.3 Å². The first-order valence-electron chi connectivity index (χ1n) is 5.29. The molecular weight excluding hydrogens is 194 g/mol. The number of aryl methyl sites for hydroxylation is 1. The lowest BCUT2D eigenvalue weighted by atomic mass is 9.99. The summed E-state index contributed by atoms with van der Waals surface area (Å²) in [5.74, 6) is 0.799. The predicted octanol–water partition coefficient (Wildman–Crippen LogP) is 3.09. The van der Waals surface area contributed by atoms with E-state index in [-0.39, 0.29) is 0 Å². The first-order valence-corrected chi connectivity index (χ1v) is 5.63. The molecule has 0 aromatic heterocycles. The van der Waals surface area contributed by atoms with Gasteiger partial charge in [0.2, 0.25) is 0 Å². The highest BCUT2D eigenvalue weighted by atomic mass is 35.5. The second-order valence-corrected chi connectivity index (χ2v) is 4.53. The van der Waals surface area contributed by atoms with Crippen LogP contribution < -0.4 is 0 Å². The zero-order valence-corrected chi connectivity index (χ0v) is 9.08. The lowest BCUT2D eigenvalue weighted by Gasteiger charge is -2.08. The highest BCUT2D eigenvalue weighted by molar-refractivity contribution is 6.13. The van der Waals surface area contributed by atoms with Crippen LogP contribution in [0.5, 0.6) is 0 Å². The second-order valence-electron chi connectivity index (χ2n) is 4.05. The summed E-state index contributed by atoms with van der Waals surface area (Å²) >= 11 is 5.92. The Balaban J connectivity index is 1.78. The third kappa shape index (κ3) is 2.73. The molecule has 14 heavy (non-hydrogen) atoms. The van der Waals surface area contributed by atoms with Gasteiger partial charge in [0.25, 0.3) is 0 Å². The van der Waals surface area contributed by atoms with Gasteiger partial charge in [-0.05, 0) is 42.5 Å². The lowest BCUT2D eigenvalue weighted by Crippen LogP contribution is -2.08. The normalized spacial score (nSPS) is 22.8. The molecule has 2 heteroatoms. The third-order valence-electron chi connectivity index (χ3n) is 2.92. The Morgan fingerprint density at radius 1 is 1.29 bits per heavy atom. The molecule has 1 heterocycles. The molecule has 0 saturated carbocycles. The largest absolute Gasteiger partial charge is 0.220 e. The Labute approximate surface area is 90.8 Å². The van der Waals surface area contributed by atoms with Gasteiger partial charge in [-0.15, -0.1) is 0 Å². The molecule has 0 radical (unpaired) electrons. The fourth-order valence-corrected chi connectivity index (χ4v) is 2.33. The first-order chi connectivity index (χ1) is 6.84. The smallest absolute Gasteiger partial charge is 0.0167 e. The van der Waals surface area contributed by atoms with Crippen molar-refractivity contribution >= 4 is 11.8 Å². The van der Waals surface area contributed by atoms with Crippen molar-refractivity contribution in [2.24, 2.45) is 5.92 Å². The van der Waals surface area contributed by atoms with Gasteiger partial charge in [-0.1, -0.05) is 30.3 Å². The number of benzene rings is 1. The maximum Gasteiger partial charge on any atom is 0.0167 e. The van der Waals surface area contributed by atoms with Crippen molar-refractivity contribution in [1.29, 1.82) is 0 Å². The van der Waals surface area contributed by atoms with Gasteiger partial charge in [0.15, 0.2) is 0 Å². The summed E-state index contributed by atoms with van der Waals surface area (Å²) in [7, 11) is 0. The van der Waals surface area contributed by atoms with Gasteiger partial charge in [0, 0.05) is 13.1 Å². The molecule has 1 atom stereocenters. The van der Waals surface area contributed by atoms with Crippen molar-refractivity contribution in [2.75, 3.05) is 13.1 Å². The maximum absolute atomic E-state index is 5.92. The van der Waals surface area contributed by atoms with E-state index in [2.05, 4.69) is 30.3 Å². The van der Waals surface area contributed by atoms with Gasteiger partial charge >= 0.3 is 0 Å². The minimum atomic E-state index is 0.799. The van der Waals surface area contributed by atoms with Crippen LogP contribution in [0.1, 0.15) is 18.4 Å². The predicted molar refractivity (Wildman–Crippen MR) is 60.3 cm³/mol. The van der Waals surface area contributed by atoms with Gasteiger partial charge in [-0.3, -0.25) is 0 Å². The fourth-order valence-electron chi connectivity index (χ4n) is 2.04. The van der Waals surface area contributed by atoms with Crippen LogP contribution in [0, 0.1) is 5.92 Å². The molecule has 76 valence electrons. The number of hydrogen-bond acceptors (Lipinski definition) is 1. The summed E-state index contributed by atoms with van der Waals surface area (Å²) in [6, 6.07) is 10.7. The maximum atomic E-state index is 5.92. The minimum Gasteiger partial charge on any atom is -0.220 e. The quantitative estimate of drug-likeness (QED) is 0.692. The molecule has 1 saturated heterocycles. The van der Waals surface area contributed by atoms with E-state index in [4.69, 9.17) is 11.8 Å². The summed E-state index contributed by atoms with van der Waals surface area (Å²) in [5, 5.41) is 0. The SMILES string of the molecule is ClN1CC[C@@H](CCc2ccccc2)C1. The molecule has 2 rings (SSSR count). The van der Waals surface area contributed by atoms with Crippen LogP contribution >= 0.6 is 11.8 Å². The van der Waals surface area contributed by atoms with Crippen molar-refractivity contribution in [1.82, 2.24) is 4.42 Å². The average Bonchev–Trinajstić information content (AvgIpc) is 2.63. The van der Waals surface area contributed by atoms with Crippen molar-refractivity contribution in [2.45, 2.75) is 19.3 Å². The summed E-state index contributed by atoms with van der Waals surface area (Å²) in [4.78, 5) is 0. The van der Waals surface area contributed by atoms with Crippen LogP contribution in [-0.2, 0) is 6.42 Å². The number of halogens is 1. The van der Waals surface area contributed by atoms with E-state index < -0.39 is 0 Å². The molecule has 0 aliphatic carbocycles. The molecule has 0 unspecified atom stereocenters. The van der Waals surface area contributed by atoms with Crippen LogP contribution in [0.3, 0.4) is 0 Å². The fraction of sp³-hybridized carbons (Fsp3) is 0.500. The number of nitrogens with zero attached hydrogens (tertiary/aromatic N) is 1. The topological polar surface area (TPSA) is 3.24 Å². The molecule has 0 N–H and O–H groups in total. The Morgan fingerprint density at radius 3 is 2.71 bits per heavy atom. The van der Waals surface area contributed by atoms with E-state index in [9.17, 15) is 0 Å². The Morgan fingerprint density at radius 2 is 2.07 bits per heavy atom. The van der Waals surface area contributed by atoms with Gasteiger partial charge in [-0.2, -0.15) is 0 Å². The molecule has 0 bridgehead atoms. The molecule has 0 amide bonds. The second kappa shape index (κ2) is 4.81. The van der Waals surface area contributed by atoms with E-state index in [1.807, 2.05) is 4.42 Å². The molecule has 1 aliphatic heterocycles. The minimum absolute atomic E-state index is 0.799. The van der Waals surface area contributed by atoms with Crippen LogP contribution in [0.2, 0.25) is 0 Å². The molecule has 0 spiro atoms. The molecule has 1 aliphatic rings. The van der Waals surface area contributed by atoms with E-state index >= 15 is 0 Å². The standard InChI is InChI=1S/C12H16ClN/c13-14-9-8-12(10-14)7-6-11-4-2-1-3-5-11/h1-5,12H,6-10H2/t12-/m1/s1. The van der Waals surface area contributed by atoms with Gasteiger partial charge < -0.3 is 0 Å². The van der Waals surface area contributed by atoms with E-state index in [0.717, 1.165) is 19.0 Å². The summed E-state index contributed by atoms with van der Waals surface area (Å²) in [6.45, 7) is 2.12. The number of hydrogen-bond donors (Lipinski definition) is 0. The monoisotopic (exact) mass is 209 g/mol. The molecule has 1 fully saturated rings. The van der Waals surface area contributed by atoms with Gasteiger partial charge in [-0.25, -0.2) is 4.42 Å². The Bertz CT molecular complexity index is 273. The van der Waals surface area contributed by atoms with Crippen LogP contribution in [0.4, 0.5) is 0 Å². The van der Waals surface area contributed by atoms with Crippen molar-refractivity contribution in [3.8, 4) is 0 Å². The third-order valence-corrected chi connectivity index (χ3v) is 3.23. The average molecular weight is 210 g/mol. The van der Waals surface area contributed by atoms with E-state index in [1.165, 1.54) is 24.8 Å². The van der Waals surface area contributed by atoms with E-state index in [0.29, 0.717) is 0 Å². The van der Waals surface area contributed by atoms with Gasteiger partial charge in [0.05, 0.1) is 0 Å². The van der Waals surface area contributed by atoms with Crippen LogP contribution in [-0.4, -0.2) is 17.5 Å². The summed E-state index contributed by atoms with van der Waals surface area (Å²) < 4.78 is 1.91. The summed E-state index contributed by atoms with van der Waals surface area (Å²) in [6.07, 6.45) is 3.72. The van der Waals surface area contributed by atoms with Crippen molar-refractivity contribution in [3.63, 3.8) is 0 Å². The van der Waals surface area contributed by atoms with Crippen molar-refractivity contribution < 1.29 is 0 Å². The molecule has 1 aromatic carbocycles. The van der Waals surface area contributed by atoms with E-state index in [1.54, 1.807) is 0 Å². The summed E-state index contributed by atoms with van der Waals surface area (Å²) in [5.41, 5.74) is 1.44. The molecule has 1 nitrogen and oxygen atoms in total. The highest BCUT2D eigenvalue weighted by Gasteiger charge is 2.20. The number of rotatable bonds is 3. The molecular formula is C12H16ClN.